The highest BCUT2D eigenvalue weighted by molar-refractivity contribution is 7.71. The SMILES string of the molecule is O=C(O)COc1ccc(C=Nn2c(-c3ccc(F)cc3)n[nH]c2=S)cc1. The van der Waals surface area contributed by atoms with Gasteiger partial charge in [0, 0.05) is 5.56 Å². The van der Waals surface area contributed by atoms with Crippen molar-refractivity contribution in [2.24, 2.45) is 5.10 Å². The van der Waals surface area contributed by atoms with E-state index in [1.165, 1.54) is 16.8 Å². The minimum atomic E-state index is -1.04. The second-order valence-electron chi connectivity index (χ2n) is 5.17. The summed E-state index contributed by atoms with van der Waals surface area (Å²) in [6.07, 6.45) is 1.57. The van der Waals surface area contributed by atoms with Crippen molar-refractivity contribution >= 4 is 24.4 Å². The molecule has 0 unspecified atom stereocenters. The monoisotopic (exact) mass is 372 g/mol. The molecule has 0 aliphatic carbocycles. The minimum absolute atomic E-state index is 0.294. The summed E-state index contributed by atoms with van der Waals surface area (Å²) in [6.45, 7) is -0.404. The lowest BCUT2D eigenvalue weighted by atomic mass is 10.2. The van der Waals surface area contributed by atoms with E-state index in [1.54, 1.807) is 42.6 Å². The van der Waals surface area contributed by atoms with Gasteiger partial charge in [-0.1, -0.05) is 0 Å². The number of hydrogen-bond donors (Lipinski definition) is 2. The lowest BCUT2D eigenvalue weighted by Crippen LogP contribution is -2.09. The van der Waals surface area contributed by atoms with E-state index in [0.29, 0.717) is 21.9 Å². The van der Waals surface area contributed by atoms with Crippen molar-refractivity contribution < 1.29 is 19.0 Å². The Balaban J connectivity index is 1.80. The number of aromatic amines is 1. The van der Waals surface area contributed by atoms with Gasteiger partial charge in [0.2, 0.25) is 4.77 Å². The van der Waals surface area contributed by atoms with E-state index in [2.05, 4.69) is 15.3 Å². The van der Waals surface area contributed by atoms with Crippen LogP contribution in [0.3, 0.4) is 0 Å². The summed E-state index contributed by atoms with van der Waals surface area (Å²) >= 11 is 5.18. The van der Waals surface area contributed by atoms with Crippen LogP contribution < -0.4 is 4.74 Å². The van der Waals surface area contributed by atoms with Gasteiger partial charge in [-0.15, -0.1) is 0 Å². The van der Waals surface area contributed by atoms with Crippen molar-refractivity contribution in [2.75, 3.05) is 6.61 Å². The second-order valence-corrected chi connectivity index (χ2v) is 5.55. The Labute approximate surface area is 152 Å². The molecule has 0 bridgehead atoms. The van der Waals surface area contributed by atoms with Crippen molar-refractivity contribution in [3.8, 4) is 17.1 Å². The first-order valence-corrected chi connectivity index (χ1v) is 7.86. The van der Waals surface area contributed by atoms with Crippen molar-refractivity contribution in [1.29, 1.82) is 0 Å². The molecule has 26 heavy (non-hydrogen) atoms. The van der Waals surface area contributed by atoms with Crippen molar-refractivity contribution in [3.63, 3.8) is 0 Å². The quantitative estimate of drug-likeness (QED) is 0.512. The van der Waals surface area contributed by atoms with Crippen LogP contribution in [0, 0.1) is 10.6 Å². The number of aliphatic carboxylic acids is 1. The Bertz CT molecular complexity index is 994. The third-order valence-corrected chi connectivity index (χ3v) is 3.58. The van der Waals surface area contributed by atoms with Gasteiger partial charge in [-0.05, 0) is 66.3 Å². The molecule has 0 saturated carbocycles. The van der Waals surface area contributed by atoms with Gasteiger partial charge in [-0.25, -0.2) is 14.3 Å². The first-order valence-electron chi connectivity index (χ1n) is 7.45. The first kappa shape index (κ1) is 17.5. The summed E-state index contributed by atoms with van der Waals surface area (Å²) in [4.78, 5) is 10.5. The van der Waals surface area contributed by atoms with Crippen molar-refractivity contribution in [1.82, 2.24) is 14.9 Å². The highest BCUT2D eigenvalue weighted by Crippen LogP contribution is 2.18. The van der Waals surface area contributed by atoms with Gasteiger partial charge in [-0.3, -0.25) is 0 Å². The predicted octanol–water partition coefficient (Wildman–Crippen LogP) is 3.09. The van der Waals surface area contributed by atoms with Gasteiger partial charge in [-0.2, -0.15) is 14.9 Å². The smallest absolute Gasteiger partial charge is 0.341 e. The summed E-state index contributed by atoms with van der Waals surface area (Å²) < 4.78 is 19.9. The fourth-order valence-electron chi connectivity index (χ4n) is 2.10. The molecular weight excluding hydrogens is 359 g/mol. The van der Waals surface area contributed by atoms with Crippen LogP contribution >= 0.6 is 12.2 Å². The molecular formula is C17H13FN4O3S. The fraction of sp³-hybridized carbons (Fsp3) is 0.0588. The van der Waals surface area contributed by atoms with Crippen LogP contribution in [0.5, 0.6) is 5.75 Å². The summed E-state index contributed by atoms with van der Waals surface area (Å²) in [6, 6.07) is 12.6. The molecule has 0 aliphatic rings. The minimum Gasteiger partial charge on any atom is -0.482 e. The maximum atomic E-state index is 13.1. The number of carbonyl (C=O) groups is 1. The maximum absolute atomic E-state index is 13.1. The lowest BCUT2D eigenvalue weighted by molar-refractivity contribution is -0.139. The van der Waals surface area contributed by atoms with Crippen LogP contribution in [0.15, 0.2) is 53.6 Å². The number of ether oxygens (including phenoxy) is 1. The number of rotatable bonds is 6. The number of carboxylic acids is 1. The standard InChI is InChI=1S/C17H13FN4O3S/c18-13-5-3-12(4-6-13)16-20-21-17(26)22(16)19-9-11-1-7-14(8-2-11)25-10-15(23)24/h1-9H,10H2,(H,21,26)(H,23,24). The van der Waals surface area contributed by atoms with E-state index in [4.69, 9.17) is 22.1 Å². The van der Waals surface area contributed by atoms with Gasteiger partial charge in [0.15, 0.2) is 12.4 Å². The molecule has 7 nitrogen and oxygen atoms in total. The highest BCUT2D eigenvalue weighted by atomic mass is 32.1. The normalized spacial score (nSPS) is 11.0. The zero-order valence-electron chi connectivity index (χ0n) is 13.3. The highest BCUT2D eigenvalue weighted by Gasteiger charge is 2.08. The molecule has 132 valence electrons. The molecule has 0 amide bonds. The van der Waals surface area contributed by atoms with Crippen molar-refractivity contribution in [3.05, 3.63) is 64.7 Å². The lowest BCUT2D eigenvalue weighted by Gasteiger charge is -2.03. The molecule has 1 aromatic heterocycles. The number of hydrogen-bond acceptors (Lipinski definition) is 5. The molecule has 3 rings (SSSR count). The zero-order chi connectivity index (χ0) is 18.5. The van der Waals surface area contributed by atoms with Gasteiger partial charge < -0.3 is 9.84 Å². The van der Waals surface area contributed by atoms with Crippen molar-refractivity contribution in [2.45, 2.75) is 0 Å². The third kappa shape index (κ3) is 4.19. The van der Waals surface area contributed by atoms with Gasteiger partial charge in [0.05, 0.1) is 6.21 Å². The number of halogens is 1. The number of nitrogens with one attached hydrogen (secondary N) is 1. The Morgan fingerprint density at radius 3 is 2.62 bits per heavy atom. The number of carboxylic acid groups (broad SMARTS) is 1. The molecule has 0 spiro atoms. The van der Waals surface area contributed by atoms with E-state index < -0.39 is 12.6 Å². The van der Waals surface area contributed by atoms with Crippen LogP contribution in [0.1, 0.15) is 5.56 Å². The molecule has 2 aromatic carbocycles. The largest absolute Gasteiger partial charge is 0.482 e. The van der Waals surface area contributed by atoms with E-state index in [-0.39, 0.29) is 5.82 Å². The molecule has 0 saturated heterocycles. The summed E-state index contributed by atoms with van der Waals surface area (Å²) in [5.41, 5.74) is 1.41. The summed E-state index contributed by atoms with van der Waals surface area (Å²) in [7, 11) is 0. The average Bonchev–Trinajstić information content (AvgIpc) is 3.00. The Hall–Kier alpha value is -3.33. The molecule has 9 heteroatoms. The van der Waals surface area contributed by atoms with E-state index in [1.807, 2.05) is 0 Å². The number of H-pyrrole nitrogens is 1. The molecule has 3 aromatic rings. The van der Waals surface area contributed by atoms with E-state index in [0.717, 1.165) is 5.56 Å². The van der Waals surface area contributed by atoms with E-state index >= 15 is 0 Å². The Morgan fingerprint density at radius 1 is 1.27 bits per heavy atom. The zero-order valence-corrected chi connectivity index (χ0v) is 14.1. The molecule has 0 fully saturated rings. The summed E-state index contributed by atoms with van der Waals surface area (Å²) in [5.74, 6) is -0.495. The first-order chi connectivity index (χ1) is 12.5. The van der Waals surface area contributed by atoms with E-state index in [9.17, 15) is 9.18 Å². The van der Waals surface area contributed by atoms with Crippen LogP contribution in [-0.2, 0) is 4.79 Å². The van der Waals surface area contributed by atoms with Crippen LogP contribution in [0.25, 0.3) is 11.4 Å². The van der Waals surface area contributed by atoms with Crippen LogP contribution in [0.4, 0.5) is 4.39 Å². The molecule has 0 radical (unpaired) electrons. The topological polar surface area (TPSA) is 92.5 Å². The second kappa shape index (κ2) is 7.70. The Kier molecular flexibility index (Phi) is 5.18. The number of aromatic nitrogens is 3. The third-order valence-electron chi connectivity index (χ3n) is 3.32. The molecule has 0 atom stereocenters. The molecule has 1 heterocycles. The van der Waals surface area contributed by atoms with Gasteiger partial charge in [0.1, 0.15) is 11.6 Å². The average molecular weight is 372 g/mol. The van der Waals surface area contributed by atoms with Gasteiger partial charge in [0.25, 0.3) is 0 Å². The number of benzene rings is 2. The maximum Gasteiger partial charge on any atom is 0.341 e. The van der Waals surface area contributed by atoms with Gasteiger partial charge >= 0.3 is 5.97 Å². The number of nitrogens with zero attached hydrogens (tertiary/aromatic N) is 3. The molecule has 2 N–H and O–H groups in total. The summed E-state index contributed by atoms with van der Waals surface area (Å²) in [5, 5.41) is 19.7. The fourth-order valence-corrected chi connectivity index (χ4v) is 2.28. The predicted molar refractivity (Wildman–Crippen MR) is 95.4 cm³/mol. The Morgan fingerprint density at radius 2 is 1.96 bits per heavy atom. The van der Waals surface area contributed by atoms with Crippen LogP contribution in [-0.4, -0.2) is 38.8 Å². The van der Waals surface area contributed by atoms with Crippen LogP contribution in [0.2, 0.25) is 0 Å². The molecule has 0 aliphatic heterocycles.